The van der Waals surface area contributed by atoms with Gasteiger partial charge >= 0.3 is 0 Å². The van der Waals surface area contributed by atoms with Gasteiger partial charge < -0.3 is 34.1 Å². The SMILES string of the molecule is Cn1cnnc1CN=C(NCCCOCC1CCCO1)Nc1ccc2c(c1)OCCCO2.I. The normalized spacial score (nSPS) is 17.8. The van der Waals surface area contributed by atoms with E-state index in [9.17, 15) is 0 Å². The summed E-state index contributed by atoms with van der Waals surface area (Å²) in [5.41, 5.74) is 0.869. The number of ether oxygens (including phenoxy) is 4. The van der Waals surface area contributed by atoms with E-state index < -0.39 is 0 Å². The van der Waals surface area contributed by atoms with Crippen LogP contribution in [0, 0.1) is 0 Å². The smallest absolute Gasteiger partial charge is 0.196 e. The second kappa shape index (κ2) is 13.6. The van der Waals surface area contributed by atoms with E-state index in [-0.39, 0.29) is 30.1 Å². The number of hydrogen-bond donors (Lipinski definition) is 2. The number of guanidine groups is 1. The van der Waals surface area contributed by atoms with Gasteiger partial charge in [0.05, 0.1) is 25.9 Å². The minimum absolute atomic E-state index is 0. The van der Waals surface area contributed by atoms with Crippen molar-refractivity contribution in [2.75, 3.05) is 44.9 Å². The molecule has 1 aromatic heterocycles. The molecule has 10 nitrogen and oxygen atoms in total. The molecular weight excluding hydrogens is 539 g/mol. The standard InChI is InChI=1S/C22H32N6O4.HI/c1-28-16-25-27-21(28)14-24-22(23-8-3-9-29-15-18-5-2-10-30-18)26-17-6-7-19-20(13-17)32-12-4-11-31-19;/h6-7,13,16,18H,2-5,8-12,14-15H2,1H3,(H2,23,24,26);1H. The molecule has 0 aliphatic carbocycles. The number of rotatable bonds is 9. The second-order valence-corrected chi connectivity index (χ2v) is 7.85. The Balaban J connectivity index is 0.00000306. The molecule has 0 bridgehead atoms. The summed E-state index contributed by atoms with van der Waals surface area (Å²) in [5.74, 6) is 2.94. The molecule has 1 aromatic carbocycles. The monoisotopic (exact) mass is 572 g/mol. The lowest BCUT2D eigenvalue weighted by atomic mass is 10.2. The van der Waals surface area contributed by atoms with E-state index in [1.807, 2.05) is 29.8 Å². The molecule has 4 rings (SSSR count). The van der Waals surface area contributed by atoms with E-state index in [1.165, 1.54) is 0 Å². The average molecular weight is 572 g/mol. The zero-order valence-corrected chi connectivity index (χ0v) is 21.3. The Labute approximate surface area is 211 Å². The van der Waals surface area contributed by atoms with E-state index >= 15 is 0 Å². The molecule has 3 heterocycles. The third-order valence-corrected chi connectivity index (χ3v) is 5.28. The molecule has 1 fully saturated rings. The average Bonchev–Trinajstić information content (AvgIpc) is 3.40. The first kappa shape index (κ1) is 25.5. The van der Waals surface area contributed by atoms with Gasteiger partial charge in [0.1, 0.15) is 12.9 Å². The molecule has 0 spiro atoms. The van der Waals surface area contributed by atoms with Crippen LogP contribution in [-0.4, -0.2) is 66.4 Å². The van der Waals surface area contributed by atoms with Gasteiger partial charge in [-0.15, -0.1) is 34.2 Å². The van der Waals surface area contributed by atoms with Crippen molar-refractivity contribution >= 4 is 35.6 Å². The summed E-state index contributed by atoms with van der Waals surface area (Å²) in [5, 5.41) is 14.7. The summed E-state index contributed by atoms with van der Waals surface area (Å²) in [4.78, 5) is 4.67. The van der Waals surface area contributed by atoms with Crippen molar-refractivity contribution in [3.63, 3.8) is 0 Å². The molecule has 11 heteroatoms. The largest absolute Gasteiger partial charge is 0.490 e. The Bertz CT molecular complexity index is 888. The van der Waals surface area contributed by atoms with Gasteiger partial charge in [0.25, 0.3) is 0 Å². The van der Waals surface area contributed by atoms with Gasteiger partial charge in [-0.1, -0.05) is 0 Å². The van der Waals surface area contributed by atoms with Crippen LogP contribution in [0.2, 0.25) is 0 Å². The summed E-state index contributed by atoms with van der Waals surface area (Å²) in [6, 6.07) is 5.81. The zero-order chi connectivity index (χ0) is 22.0. The number of aryl methyl sites for hydroxylation is 1. The molecule has 2 aliphatic rings. The van der Waals surface area contributed by atoms with Gasteiger partial charge in [-0.25, -0.2) is 4.99 Å². The molecule has 1 unspecified atom stereocenters. The van der Waals surface area contributed by atoms with Crippen LogP contribution < -0.4 is 20.1 Å². The molecule has 0 radical (unpaired) electrons. The van der Waals surface area contributed by atoms with Crippen LogP contribution in [0.15, 0.2) is 29.5 Å². The van der Waals surface area contributed by atoms with Gasteiger partial charge in [0.2, 0.25) is 0 Å². The number of hydrogen-bond acceptors (Lipinski definition) is 7. The third kappa shape index (κ3) is 8.00. The lowest BCUT2D eigenvalue weighted by molar-refractivity contribution is 0.0168. The summed E-state index contributed by atoms with van der Waals surface area (Å²) in [6.45, 7) is 4.64. The summed E-state index contributed by atoms with van der Waals surface area (Å²) in [6.07, 6.45) is 5.88. The Morgan fingerprint density at radius 1 is 1.21 bits per heavy atom. The molecule has 2 N–H and O–H groups in total. The third-order valence-electron chi connectivity index (χ3n) is 5.28. The van der Waals surface area contributed by atoms with Crippen molar-refractivity contribution in [2.24, 2.45) is 12.0 Å². The molecule has 2 aromatic rings. The highest BCUT2D eigenvalue weighted by Crippen LogP contribution is 2.32. The fourth-order valence-corrected chi connectivity index (χ4v) is 3.49. The number of aliphatic imine (C=N–C) groups is 1. The summed E-state index contributed by atoms with van der Waals surface area (Å²) < 4.78 is 24.7. The Kier molecular flexibility index (Phi) is 10.5. The first-order valence-corrected chi connectivity index (χ1v) is 11.2. The highest BCUT2D eigenvalue weighted by atomic mass is 127. The van der Waals surface area contributed by atoms with E-state index in [0.717, 1.165) is 61.8 Å². The van der Waals surface area contributed by atoms with Crippen LogP contribution >= 0.6 is 24.0 Å². The minimum atomic E-state index is 0. The Morgan fingerprint density at radius 2 is 2.09 bits per heavy atom. The fraction of sp³-hybridized carbons (Fsp3) is 0.591. The van der Waals surface area contributed by atoms with Crippen molar-refractivity contribution in [3.05, 3.63) is 30.4 Å². The molecule has 0 amide bonds. The van der Waals surface area contributed by atoms with Crippen molar-refractivity contribution in [1.29, 1.82) is 0 Å². The molecule has 1 saturated heterocycles. The molecule has 2 aliphatic heterocycles. The highest BCUT2D eigenvalue weighted by Gasteiger charge is 2.15. The molecule has 0 saturated carbocycles. The maximum atomic E-state index is 5.80. The van der Waals surface area contributed by atoms with E-state index in [0.29, 0.717) is 38.9 Å². The van der Waals surface area contributed by atoms with E-state index in [4.69, 9.17) is 18.9 Å². The van der Waals surface area contributed by atoms with E-state index in [1.54, 1.807) is 6.33 Å². The number of aromatic nitrogens is 3. The maximum Gasteiger partial charge on any atom is 0.196 e. The van der Waals surface area contributed by atoms with Crippen LogP contribution in [-0.2, 0) is 23.1 Å². The molecule has 1 atom stereocenters. The molecular formula is C22H33IN6O4. The number of halogens is 1. The topological polar surface area (TPSA) is 104 Å². The Morgan fingerprint density at radius 3 is 2.88 bits per heavy atom. The van der Waals surface area contributed by atoms with Gasteiger partial charge in [0, 0.05) is 45.0 Å². The highest BCUT2D eigenvalue weighted by molar-refractivity contribution is 14.0. The second-order valence-electron chi connectivity index (χ2n) is 7.85. The first-order chi connectivity index (χ1) is 15.8. The number of nitrogens with one attached hydrogen (secondary N) is 2. The predicted octanol–water partition coefficient (Wildman–Crippen LogP) is 2.74. The lowest BCUT2D eigenvalue weighted by Crippen LogP contribution is -2.32. The minimum Gasteiger partial charge on any atom is -0.490 e. The fourth-order valence-electron chi connectivity index (χ4n) is 3.49. The molecule has 182 valence electrons. The molecule has 33 heavy (non-hydrogen) atoms. The van der Waals surface area contributed by atoms with Crippen molar-refractivity contribution in [2.45, 2.75) is 38.3 Å². The van der Waals surface area contributed by atoms with Gasteiger partial charge in [-0.05, 0) is 31.4 Å². The summed E-state index contributed by atoms with van der Waals surface area (Å²) >= 11 is 0. The zero-order valence-electron chi connectivity index (χ0n) is 19.0. The van der Waals surface area contributed by atoms with Crippen LogP contribution in [0.1, 0.15) is 31.5 Å². The maximum absolute atomic E-state index is 5.80. The summed E-state index contributed by atoms with van der Waals surface area (Å²) in [7, 11) is 1.90. The van der Waals surface area contributed by atoms with Crippen LogP contribution in [0.25, 0.3) is 0 Å². The quantitative estimate of drug-likeness (QED) is 0.205. The van der Waals surface area contributed by atoms with Crippen molar-refractivity contribution in [3.8, 4) is 11.5 Å². The number of benzene rings is 1. The van der Waals surface area contributed by atoms with Gasteiger partial charge in [0.15, 0.2) is 23.3 Å². The lowest BCUT2D eigenvalue weighted by Gasteiger charge is -2.15. The number of fused-ring (bicyclic) bond motifs is 1. The van der Waals surface area contributed by atoms with Crippen molar-refractivity contribution in [1.82, 2.24) is 20.1 Å². The number of anilines is 1. The van der Waals surface area contributed by atoms with E-state index in [2.05, 4.69) is 25.8 Å². The van der Waals surface area contributed by atoms with Gasteiger partial charge in [-0.2, -0.15) is 0 Å². The van der Waals surface area contributed by atoms with Crippen LogP contribution in [0.5, 0.6) is 11.5 Å². The van der Waals surface area contributed by atoms with Gasteiger partial charge in [-0.3, -0.25) is 0 Å². The number of nitrogens with zero attached hydrogens (tertiary/aromatic N) is 4. The van der Waals surface area contributed by atoms with Crippen LogP contribution in [0.4, 0.5) is 5.69 Å². The Hall–Kier alpha value is -2.12. The van der Waals surface area contributed by atoms with Crippen molar-refractivity contribution < 1.29 is 18.9 Å². The first-order valence-electron chi connectivity index (χ1n) is 11.2. The van der Waals surface area contributed by atoms with Crippen LogP contribution in [0.3, 0.4) is 0 Å². The predicted molar refractivity (Wildman–Crippen MR) is 136 cm³/mol.